The number of para-hydroxylation sites is 1. The maximum atomic E-state index is 12.5. The second-order valence-corrected chi connectivity index (χ2v) is 7.58. The smallest absolute Gasteiger partial charge is 0.257 e. The summed E-state index contributed by atoms with van der Waals surface area (Å²) in [5.74, 6) is 0.132. The minimum atomic E-state index is -0.337. The van der Waals surface area contributed by atoms with E-state index in [1.807, 2.05) is 44.2 Å². The number of amides is 2. The van der Waals surface area contributed by atoms with E-state index < -0.39 is 0 Å². The minimum Gasteiger partial charge on any atom is -0.491 e. The quantitative estimate of drug-likeness (QED) is 0.432. The van der Waals surface area contributed by atoms with Crippen molar-refractivity contribution in [2.45, 2.75) is 26.4 Å². The van der Waals surface area contributed by atoms with E-state index in [9.17, 15) is 9.59 Å². The molecule has 0 saturated carbocycles. The summed E-state index contributed by atoms with van der Waals surface area (Å²) in [6.07, 6.45) is 1.01. The van der Waals surface area contributed by atoms with Crippen molar-refractivity contribution in [2.75, 3.05) is 10.6 Å². The molecule has 3 aromatic rings. The number of hydrogen-bond donors (Lipinski definition) is 3. The summed E-state index contributed by atoms with van der Waals surface area (Å²) in [6, 6.07) is 23.0. The van der Waals surface area contributed by atoms with Crippen LogP contribution in [0.2, 0.25) is 0 Å². The van der Waals surface area contributed by atoms with Crippen LogP contribution in [0.4, 0.5) is 11.4 Å². The van der Waals surface area contributed by atoms with E-state index in [0.717, 1.165) is 6.42 Å². The van der Waals surface area contributed by atoms with Gasteiger partial charge in [-0.25, -0.2) is 0 Å². The zero-order valence-corrected chi connectivity index (χ0v) is 18.7. The molecule has 7 heteroatoms. The SMILES string of the molecule is CCC(C)Oc1ccc(C(=O)NC(=S)Nc2cccc(C(=O)Nc3ccccc3)c2)cc1. The van der Waals surface area contributed by atoms with Crippen LogP contribution in [0, 0.1) is 0 Å². The van der Waals surface area contributed by atoms with Crippen molar-refractivity contribution in [2.24, 2.45) is 0 Å². The second-order valence-electron chi connectivity index (χ2n) is 7.17. The Bertz CT molecular complexity index is 1090. The molecule has 0 aliphatic rings. The highest BCUT2D eigenvalue weighted by Crippen LogP contribution is 2.16. The van der Waals surface area contributed by atoms with Crippen LogP contribution in [0.1, 0.15) is 41.0 Å². The first-order chi connectivity index (χ1) is 15.4. The molecule has 0 bridgehead atoms. The van der Waals surface area contributed by atoms with Crippen molar-refractivity contribution >= 4 is 40.5 Å². The molecule has 0 aliphatic carbocycles. The monoisotopic (exact) mass is 447 g/mol. The third kappa shape index (κ3) is 6.65. The van der Waals surface area contributed by atoms with Crippen LogP contribution < -0.4 is 20.7 Å². The molecule has 3 rings (SSSR count). The van der Waals surface area contributed by atoms with E-state index in [4.69, 9.17) is 17.0 Å². The lowest BCUT2D eigenvalue weighted by atomic mass is 10.2. The van der Waals surface area contributed by atoms with E-state index >= 15 is 0 Å². The molecule has 2 amide bonds. The van der Waals surface area contributed by atoms with Gasteiger partial charge in [0, 0.05) is 22.5 Å². The molecule has 1 unspecified atom stereocenters. The summed E-state index contributed by atoms with van der Waals surface area (Å²) in [4.78, 5) is 24.9. The highest BCUT2D eigenvalue weighted by molar-refractivity contribution is 7.80. The first kappa shape index (κ1) is 23.0. The third-order valence-electron chi connectivity index (χ3n) is 4.67. The summed E-state index contributed by atoms with van der Waals surface area (Å²) >= 11 is 5.26. The average molecular weight is 448 g/mol. The topological polar surface area (TPSA) is 79.5 Å². The van der Waals surface area contributed by atoms with Gasteiger partial charge in [0.25, 0.3) is 11.8 Å². The Morgan fingerprint density at radius 3 is 2.22 bits per heavy atom. The summed E-state index contributed by atoms with van der Waals surface area (Å²) in [6.45, 7) is 4.04. The third-order valence-corrected chi connectivity index (χ3v) is 4.87. The molecule has 3 aromatic carbocycles. The fourth-order valence-corrected chi connectivity index (χ4v) is 3.01. The number of anilines is 2. The Balaban J connectivity index is 1.57. The lowest BCUT2D eigenvalue weighted by molar-refractivity contribution is 0.0976. The van der Waals surface area contributed by atoms with Crippen LogP contribution >= 0.6 is 12.2 Å². The van der Waals surface area contributed by atoms with E-state index in [1.165, 1.54) is 0 Å². The fourth-order valence-electron chi connectivity index (χ4n) is 2.80. The van der Waals surface area contributed by atoms with Crippen LogP contribution in [0.25, 0.3) is 0 Å². The largest absolute Gasteiger partial charge is 0.491 e. The molecule has 3 N–H and O–H groups in total. The number of nitrogens with one attached hydrogen (secondary N) is 3. The van der Waals surface area contributed by atoms with Gasteiger partial charge < -0.3 is 15.4 Å². The average Bonchev–Trinajstić information content (AvgIpc) is 2.80. The molecule has 164 valence electrons. The molecule has 0 heterocycles. The summed E-state index contributed by atoms with van der Waals surface area (Å²) in [5, 5.41) is 8.55. The number of hydrogen-bond acceptors (Lipinski definition) is 4. The lowest BCUT2D eigenvalue weighted by Gasteiger charge is -2.13. The van der Waals surface area contributed by atoms with Crippen molar-refractivity contribution in [1.29, 1.82) is 0 Å². The molecular formula is C25H25N3O3S. The number of carbonyl (C=O) groups excluding carboxylic acids is 2. The van der Waals surface area contributed by atoms with Crippen LogP contribution in [0.3, 0.4) is 0 Å². The Labute approximate surface area is 193 Å². The molecule has 32 heavy (non-hydrogen) atoms. The lowest BCUT2D eigenvalue weighted by Crippen LogP contribution is -2.34. The molecule has 6 nitrogen and oxygen atoms in total. The normalized spacial score (nSPS) is 11.2. The maximum Gasteiger partial charge on any atom is 0.257 e. The van der Waals surface area contributed by atoms with Crippen LogP contribution in [0.15, 0.2) is 78.9 Å². The van der Waals surface area contributed by atoms with Gasteiger partial charge in [0.05, 0.1) is 6.10 Å². The fraction of sp³-hybridized carbons (Fsp3) is 0.160. The summed E-state index contributed by atoms with van der Waals surface area (Å²) in [7, 11) is 0. The zero-order valence-electron chi connectivity index (χ0n) is 17.9. The molecule has 0 saturated heterocycles. The Hall–Kier alpha value is -3.71. The van der Waals surface area contributed by atoms with Gasteiger partial charge in [-0.1, -0.05) is 31.2 Å². The minimum absolute atomic E-state index is 0.108. The van der Waals surface area contributed by atoms with Gasteiger partial charge in [-0.05, 0) is 80.2 Å². The predicted molar refractivity (Wildman–Crippen MR) is 131 cm³/mol. The highest BCUT2D eigenvalue weighted by Gasteiger charge is 2.11. The number of benzene rings is 3. The van der Waals surface area contributed by atoms with Gasteiger partial charge in [-0.15, -0.1) is 0 Å². The van der Waals surface area contributed by atoms with Gasteiger partial charge in [-0.2, -0.15) is 0 Å². The molecular weight excluding hydrogens is 422 g/mol. The summed E-state index contributed by atoms with van der Waals surface area (Å²) < 4.78 is 5.72. The van der Waals surface area contributed by atoms with E-state index in [1.54, 1.807) is 48.5 Å². The molecule has 0 aliphatic heterocycles. The van der Waals surface area contributed by atoms with E-state index in [0.29, 0.717) is 28.3 Å². The highest BCUT2D eigenvalue weighted by atomic mass is 32.1. The molecule has 1 atom stereocenters. The van der Waals surface area contributed by atoms with Crippen molar-refractivity contribution in [1.82, 2.24) is 5.32 Å². The number of thiocarbonyl (C=S) groups is 1. The number of rotatable bonds is 7. The van der Waals surface area contributed by atoms with Crippen LogP contribution in [0.5, 0.6) is 5.75 Å². The van der Waals surface area contributed by atoms with E-state index in [2.05, 4.69) is 16.0 Å². The molecule has 0 radical (unpaired) electrons. The van der Waals surface area contributed by atoms with Gasteiger partial charge in [0.2, 0.25) is 0 Å². The zero-order chi connectivity index (χ0) is 22.9. The van der Waals surface area contributed by atoms with Crippen LogP contribution in [-0.4, -0.2) is 23.0 Å². The first-order valence-electron chi connectivity index (χ1n) is 10.3. The van der Waals surface area contributed by atoms with Gasteiger partial charge >= 0.3 is 0 Å². The van der Waals surface area contributed by atoms with Gasteiger partial charge in [0.1, 0.15) is 5.75 Å². The van der Waals surface area contributed by atoms with Gasteiger partial charge in [-0.3, -0.25) is 14.9 Å². The van der Waals surface area contributed by atoms with E-state index in [-0.39, 0.29) is 23.0 Å². The predicted octanol–water partition coefficient (Wildman–Crippen LogP) is 5.24. The Morgan fingerprint density at radius 2 is 1.53 bits per heavy atom. The van der Waals surface area contributed by atoms with Crippen molar-refractivity contribution in [3.63, 3.8) is 0 Å². The standard InChI is InChI=1S/C25H25N3O3S/c1-3-17(2)31-22-14-12-18(13-15-22)23(29)28-25(32)27-21-11-7-8-19(16-21)24(30)26-20-9-5-4-6-10-20/h4-17H,3H2,1-2H3,(H,26,30)(H2,27,28,29,32). The van der Waals surface area contributed by atoms with Crippen LogP contribution in [-0.2, 0) is 0 Å². The first-order valence-corrected chi connectivity index (χ1v) is 10.7. The summed E-state index contributed by atoms with van der Waals surface area (Å²) in [5.41, 5.74) is 2.22. The van der Waals surface area contributed by atoms with Crippen molar-refractivity contribution in [3.05, 3.63) is 90.0 Å². The maximum absolute atomic E-state index is 12.5. The second kappa shape index (κ2) is 11.1. The van der Waals surface area contributed by atoms with Gasteiger partial charge in [0.15, 0.2) is 5.11 Å². The van der Waals surface area contributed by atoms with Crippen molar-refractivity contribution < 1.29 is 14.3 Å². The number of ether oxygens (including phenoxy) is 1. The van der Waals surface area contributed by atoms with Crippen molar-refractivity contribution in [3.8, 4) is 5.75 Å². The Morgan fingerprint density at radius 1 is 0.844 bits per heavy atom. The number of carbonyl (C=O) groups is 2. The molecule has 0 aromatic heterocycles. The molecule has 0 spiro atoms. The Kier molecular flexibility index (Phi) is 7.94. The molecule has 0 fully saturated rings.